The first kappa shape index (κ1) is 14.3. The van der Waals surface area contributed by atoms with E-state index in [9.17, 15) is 9.18 Å². The normalized spacial score (nSPS) is 10.8. The number of benzene rings is 2. The van der Waals surface area contributed by atoms with Gasteiger partial charge in [-0.25, -0.2) is 9.37 Å². The van der Waals surface area contributed by atoms with Gasteiger partial charge in [0.1, 0.15) is 18.2 Å². The van der Waals surface area contributed by atoms with Crippen LogP contribution in [0.4, 0.5) is 10.1 Å². The Bertz CT molecular complexity index is 808. The van der Waals surface area contributed by atoms with Crippen LogP contribution in [0.2, 0.25) is 0 Å². The Morgan fingerprint density at radius 3 is 2.64 bits per heavy atom. The van der Waals surface area contributed by atoms with Gasteiger partial charge in [0.2, 0.25) is 5.91 Å². The zero-order valence-corrected chi connectivity index (χ0v) is 12.2. The maximum atomic E-state index is 12.9. The van der Waals surface area contributed by atoms with Crippen LogP contribution in [0, 0.1) is 5.82 Å². The Labute approximate surface area is 127 Å². The second-order valence-corrected chi connectivity index (χ2v) is 5.01. The fourth-order valence-electron chi connectivity index (χ4n) is 2.45. The van der Waals surface area contributed by atoms with Gasteiger partial charge in [-0.05, 0) is 36.4 Å². The van der Waals surface area contributed by atoms with Crippen LogP contribution in [0.3, 0.4) is 0 Å². The van der Waals surface area contributed by atoms with Crippen LogP contribution in [0.15, 0.2) is 48.5 Å². The molecule has 0 aliphatic carbocycles. The van der Waals surface area contributed by atoms with Crippen molar-refractivity contribution in [3.8, 4) is 0 Å². The number of aryl methyl sites for hydroxylation is 1. The van der Waals surface area contributed by atoms with E-state index < -0.39 is 0 Å². The summed E-state index contributed by atoms with van der Waals surface area (Å²) in [6.45, 7) is 2.19. The highest BCUT2D eigenvalue weighted by atomic mass is 19.1. The van der Waals surface area contributed by atoms with Gasteiger partial charge in [-0.3, -0.25) is 4.79 Å². The molecule has 0 saturated heterocycles. The Morgan fingerprint density at radius 1 is 1.18 bits per heavy atom. The Hall–Kier alpha value is -2.69. The molecule has 112 valence electrons. The lowest BCUT2D eigenvalue weighted by molar-refractivity contribution is -0.116. The lowest BCUT2D eigenvalue weighted by atomic mass is 10.3. The Morgan fingerprint density at radius 2 is 1.91 bits per heavy atom. The predicted molar refractivity (Wildman–Crippen MR) is 84.1 cm³/mol. The Kier molecular flexibility index (Phi) is 3.87. The van der Waals surface area contributed by atoms with Crippen LogP contribution in [-0.4, -0.2) is 15.5 Å². The molecule has 0 bridgehead atoms. The van der Waals surface area contributed by atoms with Crippen molar-refractivity contribution in [1.29, 1.82) is 0 Å². The first-order chi connectivity index (χ1) is 10.7. The van der Waals surface area contributed by atoms with Gasteiger partial charge in [0.25, 0.3) is 0 Å². The van der Waals surface area contributed by atoms with Crippen molar-refractivity contribution in [3.63, 3.8) is 0 Å². The molecule has 0 spiro atoms. The molecule has 5 heteroatoms. The van der Waals surface area contributed by atoms with E-state index in [-0.39, 0.29) is 18.3 Å². The van der Waals surface area contributed by atoms with Crippen LogP contribution in [-0.2, 0) is 17.8 Å². The Balaban J connectivity index is 1.83. The van der Waals surface area contributed by atoms with Crippen molar-refractivity contribution in [3.05, 3.63) is 60.2 Å². The van der Waals surface area contributed by atoms with Crippen LogP contribution in [0.25, 0.3) is 11.0 Å². The van der Waals surface area contributed by atoms with Gasteiger partial charge in [0.05, 0.1) is 11.0 Å². The van der Waals surface area contributed by atoms with Crippen molar-refractivity contribution in [2.45, 2.75) is 19.9 Å². The topological polar surface area (TPSA) is 46.9 Å². The summed E-state index contributed by atoms with van der Waals surface area (Å²) < 4.78 is 14.8. The van der Waals surface area contributed by atoms with E-state index in [1.54, 1.807) is 12.1 Å². The third-order valence-corrected chi connectivity index (χ3v) is 3.48. The molecule has 3 aromatic rings. The quantitative estimate of drug-likeness (QED) is 0.802. The average Bonchev–Trinajstić information content (AvgIpc) is 2.87. The number of rotatable bonds is 4. The summed E-state index contributed by atoms with van der Waals surface area (Å²) in [5, 5.41) is 2.77. The first-order valence-electron chi connectivity index (χ1n) is 7.17. The molecule has 1 heterocycles. The number of para-hydroxylation sites is 2. The van der Waals surface area contributed by atoms with Gasteiger partial charge in [0.15, 0.2) is 0 Å². The van der Waals surface area contributed by atoms with Crippen molar-refractivity contribution < 1.29 is 9.18 Å². The summed E-state index contributed by atoms with van der Waals surface area (Å²) in [7, 11) is 0. The molecule has 0 unspecified atom stereocenters. The number of halogens is 1. The lowest BCUT2D eigenvalue weighted by Gasteiger charge is -2.09. The molecule has 0 radical (unpaired) electrons. The highest BCUT2D eigenvalue weighted by molar-refractivity contribution is 5.91. The molecule has 3 rings (SSSR count). The molecule has 0 fully saturated rings. The maximum absolute atomic E-state index is 12.9. The van der Waals surface area contributed by atoms with E-state index in [0.717, 1.165) is 23.3 Å². The fourth-order valence-corrected chi connectivity index (χ4v) is 2.45. The van der Waals surface area contributed by atoms with Crippen molar-refractivity contribution in [1.82, 2.24) is 9.55 Å². The van der Waals surface area contributed by atoms with E-state index in [4.69, 9.17) is 0 Å². The largest absolute Gasteiger partial charge is 0.325 e. The van der Waals surface area contributed by atoms with Crippen LogP contribution >= 0.6 is 0 Å². The molecule has 0 aliphatic heterocycles. The van der Waals surface area contributed by atoms with Crippen LogP contribution in [0.5, 0.6) is 0 Å². The van der Waals surface area contributed by atoms with Gasteiger partial charge in [0, 0.05) is 12.1 Å². The molecule has 1 N–H and O–H groups in total. The van der Waals surface area contributed by atoms with E-state index >= 15 is 0 Å². The number of carbonyl (C=O) groups is 1. The van der Waals surface area contributed by atoms with Crippen LogP contribution in [0.1, 0.15) is 12.7 Å². The van der Waals surface area contributed by atoms with Crippen molar-refractivity contribution in [2.24, 2.45) is 0 Å². The number of hydrogen-bond acceptors (Lipinski definition) is 2. The van der Waals surface area contributed by atoms with Crippen LogP contribution < -0.4 is 5.32 Å². The molecule has 22 heavy (non-hydrogen) atoms. The SMILES string of the molecule is CCc1nc2ccccc2n1CC(=O)Nc1ccc(F)cc1. The number of anilines is 1. The number of nitrogens with one attached hydrogen (secondary N) is 1. The van der Waals surface area contributed by atoms with E-state index in [2.05, 4.69) is 10.3 Å². The molecule has 0 atom stereocenters. The minimum Gasteiger partial charge on any atom is -0.325 e. The van der Waals surface area contributed by atoms with Gasteiger partial charge >= 0.3 is 0 Å². The van der Waals surface area contributed by atoms with Gasteiger partial charge in [-0.1, -0.05) is 19.1 Å². The predicted octanol–water partition coefficient (Wildman–Crippen LogP) is 3.38. The van der Waals surface area contributed by atoms with Crippen molar-refractivity contribution >= 4 is 22.6 Å². The smallest absolute Gasteiger partial charge is 0.244 e. The summed E-state index contributed by atoms with van der Waals surface area (Å²) >= 11 is 0. The van der Waals surface area contributed by atoms with Crippen molar-refractivity contribution in [2.75, 3.05) is 5.32 Å². The molecule has 4 nitrogen and oxygen atoms in total. The molecular weight excluding hydrogens is 281 g/mol. The zero-order valence-electron chi connectivity index (χ0n) is 12.2. The summed E-state index contributed by atoms with van der Waals surface area (Å²) in [5.41, 5.74) is 2.40. The van der Waals surface area contributed by atoms with E-state index in [1.165, 1.54) is 12.1 Å². The zero-order chi connectivity index (χ0) is 15.5. The average molecular weight is 297 g/mol. The second kappa shape index (κ2) is 5.97. The number of hydrogen-bond donors (Lipinski definition) is 1. The maximum Gasteiger partial charge on any atom is 0.244 e. The molecular formula is C17H16FN3O. The second-order valence-electron chi connectivity index (χ2n) is 5.01. The fraction of sp³-hybridized carbons (Fsp3) is 0.176. The third kappa shape index (κ3) is 2.83. The number of fused-ring (bicyclic) bond motifs is 1. The lowest BCUT2D eigenvalue weighted by Crippen LogP contribution is -2.20. The highest BCUT2D eigenvalue weighted by Gasteiger charge is 2.12. The molecule has 0 aliphatic rings. The number of nitrogens with zero attached hydrogens (tertiary/aromatic N) is 2. The highest BCUT2D eigenvalue weighted by Crippen LogP contribution is 2.17. The summed E-state index contributed by atoms with van der Waals surface area (Å²) in [5.74, 6) is 0.381. The summed E-state index contributed by atoms with van der Waals surface area (Å²) in [6.07, 6.45) is 0.749. The summed E-state index contributed by atoms with van der Waals surface area (Å²) in [4.78, 5) is 16.8. The molecule has 2 aromatic carbocycles. The molecule has 0 saturated carbocycles. The minimum atomic E-state index is -0.327. The minimum absolute atomic E-state index is 0.163. The number of amides is 1. The third-order valence-electron chi connectivity index (χ3n) is 3.48. The first-order valence-corrected chi connectivity index (χ1v) is 7.17. The monoisotopic (exact) mass is 297 g/mol. The number of carbonyl (C=O) groups excluding carboxylic acids is 1. The van der Waals surface area contributed by atoms with E-state index in [1.807, 2.05) is 35.8 Å². The van der Waals surface area contributed by atoms with E-state index in [0.29, 0.717) is 5.69 Å². The number of imidazole rings is 1. The number of aromatic nitrogens is 2. The molecule has 1 aromatic heterocycles. The van der Waals surface area contributed by atoms with Gasteiger partial charge in [-0.2, -0.15) is 0 Å². The summed E-state index contributed by atoms with van der Waals surface area (Å²) in [6, 6.07) is 13.5. The standard InChI is InChI=1S/C17H16FN3O/c1-2-16-20-14-5-3-4-6-15(14)21(16)11-17(22)19-13-9-7-12(18)8-10-13/h3-10H,2,11H2,1H3,(H,19,22). The van der Waals surface area contributed by atoms with Gasteiger partial charge < -0.3 is 9.88 Å². The van der Waals surface area contributed by atoms with Gasteiger partial charge in [-0.15, -0.1) is 0 Å². The molecule has 1 amide bonds.